The number of sulfonamides is 1. The molecule has 1 aromatic rings. The minimum absolute atomic E-state index is 0.0536. The lowest BCUT2D eigenvalue weighted by Crippen LogP contribution is -2.47. The van der Waals surface area contributed by atoms with E-state index in [-0.39, 0.29) is 5.03 Å². The highest BCUT2D eigenvalue weighted by Gasteiger charge is 2.47. The number of nitrogens with one attached hydrogen (secondary N) is 2. The molecular weight excluding hydrogens is 258 g/mol. The largest absolute Gasteiger partial charge is 0.481 e. The highest BCUT2D eigenvalue weighted by Crippen LogP contribution is 2.38. The van der Waals surface area contributed by atoms with Crippen LogP contribution in [0.2, 0.25) is 0 Å². The first-order valence-corrected chi connectivity index (χ1v) is 7.10. The Bertz CT molecular complexity index is 539. The molecule has 0 spiro atoms. The van der Waals surface area contributed by atoms with E-state index in [2.05, 4.69) is 14.9 Å². The summed E-state index contributed by atoms with van der Waals surface area (Å²) in [7, 11) is -3.74. The third-order valence-electron chi connectivity index (χ3n) is 3.51. The fourth-order valence-electron chi connectivity index (χ4n) is 2.25. The van der Waals surface area contributed by atoms with Crippen molar-refractivity contribution < 1.29 is 18.3 Å². The average Bonchev–Trinajstić information content (AvgIpc) is 2.89. The topological polar surface area (TPSA) is 112 Å². The summed E-state index contributed by atoms with van der Waals surface area (Å²) in [5.74, 6) is -0.975. The highest BCUT2D eigenvalue weighted by molar-refractivity contribution is 7.89. The van der Waals surface area contributed by atoms with Crippen LogP contribution in [0.1, 0.15) is 26.2 Å². The van der Waals surface area contributed by atoms with Crippen molar-refractivity contribution in [2.45, 2.75) is 37.3 Å². The molecule has 1 aliphatic rings. The predicted octanol–water partition coefficient (Wildman–Crippen LogP) is 0.331. The van der Waals surface area contributed by atoms with E-state index >= 15 is 0 Å². The molecule has 0 bridgehead atoms. The third kappa shape index (κ3) is 2.13. The number of nitrogens with zero attached hydrogens (tertiary/aromatic N) is 1. The van der Waals surface area contributed by atoms with Crippen LogP contribution in [0.5, 0.6) is 0 Å². The molecule has 1 heterocycles. The zero-order valence-electron chi connectivity index (χ0n) is 9.88. The summed E-state index contributed by atoms with van der Waals surface area (Å²) in [6.07, 6.45) is 3.02. The zero-order chi connectivity index (χ0) is 13.4. The van der Waals surface area contributed by atoms with E-state index in [0.29, 0.717) is 19.3 Å². The van der Waals surface area contributed by atoms with Crippen LogP contribution in [-0.2, 0) is 14.8 Å². The van der Waals surface area contributed by atoms with E-state index in [9.17, 15) is 18.3 Å². The number of carbonyl (C=O) groups is 1. The van der Waals surface area contributed by atoms with Crippen LogP contribution < -0.4 is 4.72 Å². The Morgan fingerprint density at radius 1 is 1.67 bits per heavy atom. The summed E-state index contributed by atoms with van der Waals surface area (Å²) in [5.41, 5.74) is -1.05. The van der Waals surface area contributed by atoms with Crippen LogP contribution in [-0.4, -0.2) is 35.7 Å². The Kier molecular flexibility index (Phi) is 3.16. The summed E-state index contributed by atoms with van der Waals surface area (Å²) in [4.78, 5) is 11.3. The van der Waals surface area contributed by atoms with Crippen molar-refractivity contribution in [1.82, 2.24) is 14.9 Å². The van der Waals surface area contributed by atoms with Gasteiger partial charge in [-0.25, -0.2) is 13.1 Å². The van der Waals surface area contributed by atoms with E-state index in [1.807, 2.05) is 0 Å². The molecule has 0 amide bonds. The number of carboxylic acid groups (broad SMARTS) is 1. The molecule has 8 heteroatoms. The minimum Gasteiger partial charge on any atom is -0.481 e. The Balaban J connectivity index is 2.22. The van der Waals surface area contributed by atoms with Gasteiger partial charge >= 0.3 is 5.97 Å². The van der Waals surface area contributed by atoms with Crippen LogP contribution in [0.25, 0.3) is 0 Å². The van der Waals surface area contributed by atoms with E-state index in [0.717, 1.165) is 0 Å². The first-order valence-electron chi connectivity index (χ1n) is 5.61. The molecule has 0 aromatic carbocycles. The SMILES string of the molecule is CC1(C(=O)O)CCCC1NS(=O)(=O)c1ccn[nH]1. The zero-order valence-corrected chi connectivity index (χ0v) is 10.7. The lowest BCUT2D eigenvalue weighted by molar-refractivity contribution is -0.148. The maximum absolute atomic E-state index is 12.0. The number of hydrogen-bond donors (Lipinski definition) is 3. The molecule has 18 heavy (non-hydrogen) atoms. The summed E-state index contributed by atoms with van der Waals surface area (Å²) in [6.45, 7) is 1.57. The third-order valence-corrected chi connectivity index (χ3v) is 4.91. The predicted molar refractivity (Wildman–Crippen MR) is 62.3 cm³/mol. The van der Waals surface area contributed by atoms with E-state index in [4.69, 9.17) is 0 Å². The molecule has 1 fully saturated rings. The Hall–Kier alpha value is -1.41. The number of aromatic nitrogens is 2. The van der Waals surface area contributed by atoms with E-state index in [1.165, 1.54) is 12.3 Å². The Morgan fingerprint density at radius 3 is 2.94 bits per heavy atom. The monoisotopic (exact) mass is 273 g/mol. The van der Waals surface area contributed by atoms with Gasteiger partial charge < -0.3 is 5.11 Å². The lowest BCUT2D eigenvalue weighted by Gasteiger charge is -2.27. The van der Waals surface area contributed by atoms with Crippen molar-refractivity contribution in [3.63, 3.8) is 0 Å². The second-order valence-corrected chi connectivity index (χ2v) is 6.39. The molecule has 2 atom stereocenters. The van der Waals surface area contributed by atoms with Gasteiger partial charge in [0.25, 0.3) is 10.0 Å². The van der Waals surface area contributed by atoms with Crippen LogP contribution in [0.4, 0.5) is 0 Å². The second-order valence-electron chi connectivity index (χ2n) is 4.71. The summed E-state index contributed by atoms with van der Waals surface area (Å²) in [6, 6.07) is 0.735. The smallest absolute Gasteiger partial charge is 0.310 e. The van der Waals surface area contributed by atoms with Gasteiger partial charge in [-0.15, -0.1) is 0 Å². The molecule has 2 rings (SSSR count). The highest BCUT2D eigenvalue weighted by atomic mass is 32.2. The molecular formula is C10H15N3O4S. The van der Waals surface area contributed by atoms with Gasteiger partial charge in [0.15, 0.2) is 5.03 Å². The Morgan fingerprint density at radius 2 is 2.39 bits per heavy atom. The molecule has 3 N–H and O–H groups in total. The molecule has 1 saturated carbocycles. The molecule has 1 aliphatic carbocycles. The van der Waals surface area contributed by atoms with Crippen LogP contribution >= 0.6 is 0 Å². The molecule has 100 valence electrons. The second kappa shape index (κ2) is 4.36. The Labute approximate surface area is 105 Å². The number of rotatable bonds is 4. The molecule has 2 unspecified atom stereocenters. The van der Waals surface area contributed by atoms with Crippen molar-refractivity contribution in [1.29, 1.82) is 0 Å². The summed E-state index contributed by atoms with van der Waals surface area (Å²) < 4.78 is 26.4. The number of hydrogen-bond acceptors (Lipinski definition) is 4. The van der Waals surface area contributed by atoms with Gasteiger partial charge in [0.1, 0.15) is 0 Å². The van der Waals surface area contributed by atoms with Crippen molar-refractivity contribution in [2.75, 3.05) is 0 Å². The number of aromatic amines is 1. The standard InChI is InChI=1S/C10H15N3O4S/c1-10(9(14)15)5-2-3-7(10)13-18(16,17)8-4-6-11-12-8/h4,6-7,13H,2-3,5H2,1H3,(H,11,12)(H,14,15). The number of H-pyrrole nitrogens is 1. The molecule has 1 aromatic heterocycles. The van der Waals surface area contributed by atoms with E-state index < -0.39 is 27.4 Å². The normalized spacial score (nSPS) is 28.4. The van der Waals surface area contributed by atoms with Crippen LogP contribution in [0, 0.1) is 5.41 Å². The molecule has 0 saturated heterocycles. The molecule has 0 radical (unpaired) electrons. The molecule has 7 nitrogen and oxygen atoms in total. The lowest BCUT2D eigenvalue weighted by atomic mass is 9.85. The first kappa shape index (κ1) is 13.0. The van der Waals surface area contributed by atoms with Gasteiger partial charge in [0.2, 0.25) is 0 Å². The van der Waals surface area contributed by atoms with Crippen molar-refractivity contribution in [2.24, 2.45) is 5.41 Å². The van der Waals surface area contributed by atoms with Gasteiger partial charge in [-0.1, -0.05) is 6.42 Å². The van der Waals surface area contributed by atoms with Gasteiger partial charge in [0, 0.05) is 6.04 Å². The first-order chi connectivity index (χ1) is 8.36. The van der Waals surface area contributed by atoms with Crippen molar-refractivity contribution in [3.05, 3.63) is 12.3 Å². The van der Waals surface area contributed by atoms with Gasteiger partial charge in [0.05, 0.1) is 11.6 Å². The van der Waals surface area contributed by atoms with Gasteiger partial charge in [-0.05, 0) is 25.8 Å². The average molecular weight is 273 g/mol. The van der Waals surface area contributed by atoms with Crippen LogP contribution in [0.15, 0.2) is 17.3 Å². The maximum atomic E-state index is 12.0. The van der Waals surface area contributed by atoms with Crippen molar-refractivity contribution >= 4 is 16.0 Å². The minimum atomic E-state index is -3.74. The molecule has 0 aliphatic heterocycles. The van der Waals surface area contributed by atoms with Gasteiger partial charge in [-0.3, -0.25) is 9.89 Å². The van der Waals surface area contributed by atoms with Gasteiger partial charge in [-0.2, -0.15) is 5.10 Å². The van der Waals surface area contributed by atoms with Crippen molar-refractivity contribution in [3.8, 4) is 0 Å². The quantitative estimate of drug-likeness (QED) is 0.732. The maximum Gasteiger partial charge on any atom is 0.310 e. The number of carboxylic acids is 1. The summed E-state index contributed by atoms with van der Waals surface area (Å²) >= 11 is 0. The fraction of sp³-hybridized carbons (Fsp3) is 0.600. The fourth-order valence-corrected chi connectivity index (χ4v) is 3.55. The number of aliphatic carboxylic acids is 1. The van der Waals surface area contributed by atoms with Crippen LogP contribution in [0.3, 0.4) is 0 Å². The summed E-state index contributed by atoms with van der Waals surface area (Å²) in [5, 5.41) is 15.1. The van der Waals surface area contributed by atoms with E-state index in [1.54, 1.807) is 6.92 Å².